The highest BCUT2D eigenvalue weighted by molar-refractivity contribution is 6.32. The molecule has 0 aliphatic carbocycles. The van der Waals surface area contributed by atoms with Crippen molar-refractivity contribution >= 4 is 13.3 Å². The Morgan fingerprint density at radius 1 is 0.933 bits per heavy atom. The highest BCUT2D eigenvalue weighted by Crippen LogP contribution is 2.04. The van der Waals surface area contributed by atoms with Crippen molar-refractivity contribution < 1.29 is 0 Å². The topological polar surface area (TPSA) is 12.9 Å². The van der Waals surface area contributed by atoms with E-state index in [9.17, 15) is 0 Å². The quantitative estimate of drug-likeness (QED) is 0.669. The lowest BCUT2D eigenvalue weighted by molar-refractivity contribution is 0.956. The van der Waals surface area contributed by atoms with Crippen molar-refractivity contribution in [3.63, 3.8) is 0 Å². The molecule has 1 aromatic carbocycles. The summed E-state index contributed by atoms with van der Waals surface area (Å²) in [5.74, 6) is 0. The van der Waals surface area contributed by atoms with Gasteiger partial charge in [0.25, 0.3) is 0 Å². The largest absolute Gasteiger partial charge is 0.265 e. The molecule has 0 fully saturated rings. The van der Waals surface area contributed by atoms with Gasteiger partial charge in [-0.15, -0.1) is 0 Å². The molecule has 0 atom stereocenters. The molecule has 0 bridgehead atoms. The fourth-order valence-electron chi connectivity index (χ4n) is 1.71. The molecular weight excluding hydrogens is 181 g/mol. The van der Waals surface area contributed by atoms with Gasteiger partial charge in [-0.2, -0.15) is 0 Å². The number of pyridine rings is 1. The maximum Gasteiger partial charge on any atom is 0.139 e. The summed E-state index contributed by atoms with van der Waals surface area (Å²) in [6.07, 6.45) is 5.90. The molecule has 0 radical (unpaired) electrons. The predicted molar refractivity (Wildman–Crippen MR) is 66.3 cm³/mol. The van der Waals surface area contributed by atoms with E-state index in [1.807, 2.05) is 12.4 Å². The van der Waals surface area contributed by atoms with Gasteiger partial charge in [0.1, 0.15) is 7.85 Å². The van der Waals surface area contributed by atoms with Crippen molar-refractivity contribution in [2.24, 2.45) is 0 Å². The van der Waals surface area contributed by atoms with E-state index in [4.69, 9.17) is 0 Å². The molecule has 1 nitrogen and oxygen atoms in total. The van der Waals surface area contributed by atoms with E-state index >= 15 is 0 Å². The first-order chi connectivity index (χ1) is 7.34. The van der Waals surface area contributed by atoms with Gasteiger partial charge in [-0.05, 0) is 36.1 Å². The number of aromatic nitrogens is 1. The molecule has 15 heavy (non-hydrogen) atoms. The van der Waals surface area contributed by atoms with Crippen LogP contribution in [0, 0.1) is 0 Å². The molecule has 0 saturated heterocycles. The van der Waals surface area contributed by atoms with Crippen LogP contribution in [0.5, 0.6) is 0 Å². The summed E-state index contributed by atoms with van der Waals surface area (Å²) in [6.45, 7) is 0. The fraction of sp³-hybridized carbons (Fsp3) is 0.154. The second-order valence-electron chi connectivity index (χ2n) is 3.84. The third kappa shape index (κ3) is 2.95. The molecule has 2 aromatic rings. The molecule has 2 heteroatoms. The van der Waals surface area contributed by atoms with Gasteiger partial charge in [0.15, 0.2) is 0 Å². The minimum atomic E-state index is 1.09. The molecule has 0 unspecified atom stereocenters. The second kappa shape index (κ2) is 4.78. The first-order valence-electron chi connectivity index (χ1n) is 5.29. The van der Waals surface area contributed by atoms with Crippen molar-refractivity contribution in [2.75, 3.05) is 0 Å². The standard InChI is InChI=1S/C13H14BN/c14-13-3-1-2-12(10-13)5-4-11-6-8-15-9-7-11/h1-3,6-10H,4-5,14H2. The molecule has 1 aromatic heterocycles. The van der Waals surface area contributed by atoms with E-state index in [2.05, 4.69) is 49.2 Å². The van der Waals surface area contributed by atoms with Crippen molar-refractivity contribution in [3.8, 4) is 0 Å². The van der Waals surface area contributed by atoms with E-state index in [1.165, 1.54) is 16.6 Å². The number of rotatable bonds is 3. The number of aryl methyl sites for hydroxylation is 2. The van der Waals surface area contributed by atoms with E-state index in [0.29, 0.717) is 0 Å². The molecule has 0 aliphatic heterocycles. The van der Waals surface area contributed by atoms with Gasteiger partial charge >= 0.3 is 0 Å². The molecular formula is C13H14BN. The summed E-state index contributed by atoms with van der Waals surface area (Å²) in [4.78, 5) is 4.01. The van der Waals surface area contributed by atoms with Gasteiger partial charge in [-0.3, -0.25) is 4.98 Å². The SMILES string of the molecule is Bc1cccc(CCc2ccncc2)c1. The van der Waals surface area contributed by atoms with E-state index in [-0.39, 0.29) is 0 Å². The first kappa shape index (κ1) is 9.97. The lowest BCUT2D eigenvalue weighted by Gasteiger charge is -2.02. The Labute approximate surface area is 91.6 Å². The van der Waals surface area contributed by atoms with Gasteiger partial charge in [0.2, 0.25) is 0 Å². The smallest absolute Gasteiger partial charge is 0.139 e. The van der Waals surface area contributed by atoms with Crippen LogP contribution in [0.3, 0.4) is 0 Å². The average molecular weight is 195 g/mol. The molecule has 0 spiro atoms. The van der Waals surface area contributed by atoms with Gasteiger partial charge in [0.05, 0.1) is 0 Å². The normalized spacial score (nSPS) is 10.1. The highest BCUT2D eigenvalue weighted by Gasteiger charge is 1.95. The lowest BCUT2D eigenvalue weighted by atomic mass is 9.93. The zero-order valence-electron chi connectivity index (χ0n) is 8.98. The zero-order valence-corrected chi connectivity index (χ0v) is 8.98. The third-order valence-electron chi connectivity index (χ3n) is 2.53. The lowest BCUT2D eigenvalue weighted by Crippen LogP contribution is -2.03. The summed E-state index contributed by atoms with van der Waals surface area (Å²) in [6, 6.07) is 12.9. The van der Waals surface area contributed by atoms with Crippen LogP contribution in [-0.2, 0) is 12.8 Å². The van der Waals surface area contributed by atoms with E-state index < -0.39 is 0 Å². The van der Waals surface area contributed by atoms with Crippen molar-refractivity contribution in [2.45, 2.75) is 12.8 Å². The number of benzene rings is 1. The van der Waals surface area contributed by atoms with Crippen LogP contribution in [0.1, 0.15) is 11.1 Å². The molecule has 0 N–H and O–H groups in total. The third-order valence-corrected chi connectivity index (χ3v) is 2.53. The number of hydrogen-bond donors (Lipinski definition) is 0. The van der Waals surface area contributed by atoms with Crippen LogP contribution in [-0.4, -0.2) is 12.8 Å². The average Bonchev–Trinajstić information content (AvgIpc) is 2.28. The molecule has 0 saturated carbocycles. The van der Waals surface area contributed by atoms with Gasteiger partial charge in [-0.1, -0.05) is 29.7 Å². The number of hydrogen-bond acceptors (Lipinski definition) is 1. The monoisotopic (exact) mass is 195 g/mol. The summed E-state index contributed by atoms with van der Waals surface area (Å²) >= 11 is 0. The first-order valence-corrected chi connectivity index (χ1v) is 5.29. The number of nitrogens with zero attached hydrogens (tertiary/aromatic N) is 1. The molecule has 0 aliphatic rings. The van der Waals surface area contributed by atoms with Crippen LogP contribution < -0.4 is 5.46 Å². The Morgan fingerprint density at radius 3 is 2.40 bits per heavy atom. The molecule has 74 valence electrons. The Kier molecular flexibility index (Phi) is 3.18. The predicted octanol–water partition coefficient (Wildman–Crippen LogP) is 1.13. The summed E-state index contributed by atoms with van der Waals surface area (Å²) < 4.78 is 0. The van der Waals surface area contributed by atoms with E-state index in [0.717, 1.165) is 12.8 Å². The molecule has 2 rings (SSSR count). The van der Waals surface area contributed by atoms with E-state index in [1.54, 1.807) is 0 Å². The Hall–Kier alpha value is -1.57. The minimum Gasteiger partial charge on any atom is -0.265 e. The van der Waals surface area contributed by atoms with Crippen molar-refractivity contribution in [3.05, 3.63) is 59.9 Å². The maximum atomic E-state index is 4.01. The van der Waals surface area contributed by atoms with Crippen molar-refractivity contribution in [1.82, 2.24) is 4.98 Å². The highest BCUT2D eigenvalue weighted by atomic mass is 14.6. The molecule has 1 heterocycles. The second-order valence-corrected chi connectivity index (χ2v) is 3.84. The van der Waals surface area contributed by atoms with Crippen LogP contribution in [0.15, 0.2) is 48.8 Å². The van der Waals surface area contributed by atoms with Gasteiger partial charge < -0.3 is 0 Å². The van der Waals surface area contributed by atoms with Crippen LogP contribution >= 0.6 is 0 Å². The minimum absolute atomic E-state index is 1.09. The molecule has 0 amide bonds. The Bertz CT molecular complexity index is 426. The van der Waals surface area contributed by atoms with Crippen molar-refractivity contribution in [1.29, 1.82) is 0 Å². The van der Waals surface area contributed by atoms with Crippen LogP contribution in [0.2, 0.25) is 0 Å². The fourth-order valence-corrected chi connectivity index (χ4v) is 1.71. The van der Waals surface area contributed by atoms with Crippen LogP contribution in [0.4, 0.5) is 0 Å². The maximum absolute atomic E-state index is 4.01. The Morgan fingerprint density at radius 2 is 1.67 bits per heavy atom. The summed E-state index contributed by atoms with van der Waals surface area (Å²) in [5.41, 5.74) is 4.10. The summed E-state index contributed by atoms with van der Waals surface area (Å²) in [7, 11) is 2.13. The zero-order chi connectivity index (χ0) is 10.5. The van der Waals surface area contributed by atoms with Gasteiger partial charge in [-0.25, -0.2) is 0 Å². The summed E-state index contributed by atoms with van der Waals surface area (Å²) in [5, 5.41) is 0. The Balaban J connectivity index is 1.99. The van der Waals surface area contributed by atoms with Gasteiger partial charge in [0, 0.05) is 12.4 Å². The van der Waals surface area contributed by atoms with Crippen LogP contribution in [0.25, 0.3) is 0 Å².